The van der Waals surface area contributed by atoms with Crippen LogP contribution in [0.3, 0.4) is 0 Å². The fraction of sp³-hybridized carbons (Fsp3) is 0.375. The summed E-state index contributed by atoms with van der Waals surface area (Å²) in [6.07, 6.45) is 0. The minimum atomic E-state index is -0.799. The first-order valence-corrected chi connectivity index (χ1v) is 8.32. The highest BCUT2D eigenvalue weighted by atomic mass is 32.2. The standard InChI is InChI=1S/C16H19NO2S2/c1-9-8-12(6-7-13(9)10(2)14(18)19)21-15-17-16(4,5)11(3)20-15/h6-8,10H,3H2,1-2,4-5H3,(H,18,19). The Labute approximate surface area is 133 Å². The van der Waals surface area contributed by atoms with E-state index >= 15 is 0 Å². The summed E-state index contributed by atoms with van der Waals surface area (Å²) in [6.45, 7) is 11.8. The number of carbonyl (C=O) groups is 1. The number of benzene rings is 1. The van der Waals surface area contributed by atoms with E-state index in [4.69, 9.17) is 5.11 Å². The summed E-state index contributed by atoms with van der Waals surface area (Å²) < 4.78 is 0.989. The maximum absolute atomic E-state index is 11.1. The number of aliphatic imine (C=N–C) groups is 1. The van der Waals surface area contributed by atoms with Gasteiger partial charge in [0.2, 0.25) is 0 Å². The molecule has 1 aromatic carbocycles. The molecule has 0 spiro atoms. The van der Waals surface area contributed by atoms with E-state index in [1.165, 1.54) is 0 Å². The molecule has 0 saturated carbocycles. The van der Waals surface area contributed by atoms with Crippen molar-refractivity contribution in [3.63, 3.8) is 0 Å². The maximum atomic E-state index is 11.1. The van der Waals surface area contributed by atoms with Gasteiger partial charge in [0.25, 0.3) is 0 Å². The van der Waals surface area contributed by atoms with Gasteiger partial charge in [0, 0.05) is 9.80 Å². The molecule has 112 valence electrons. The van der Waals surface area contributed by atoms with Crippen LogP contribution in [-0.4, -0.2) is 21.0 Å². The summed E-state index contributed by atoms with van der Waals surface area (Å²) in [7, 11) is 0. The topological polar surface area (TPSA) is 49.7 Å². The van der Waals surface area contributed by atoms with Crippen LogP contribution in [0, 0.1) is 6.92 Å². The molecule has 3 nitrogen and oxygen atoms in total. The zero-order valence-corrected chi connectivity index (χ0v) is 14.3. The van der Waals surface area contributed by atoms with E-state index in [-0.39, 0.29) is 5.54 Å². The molecule has 5 heteroatoms. The van der Waals surface area contributed by atoms with Gasteiger partial charge in [-0.25, -0.2) is 0 Å². The van der Waals surface area contributed by atoms with Gasteiger partial charge >= 0.3 is 5.97 Å². The fourth-order valence-electron chi connectivity index (χ4n) is 2.02. The Morgan fingerprint density at radius 1 is 1.48 bits per heavy atom. The van der Waals surface area contributed by atoms with Crippen LogP contribution in [0.2, 0.25) is 0 Å². The summed E-state index contributed by atoms with van der Waals surface area (Å²) in [5.74, 6) is -1.28. The first-order chi connectivity index (χ1) is 9.70. The Morgan fingerprint density at radius 3 is 2.62 bits per heavy atom. The van der Waals surface area contributed by atoms with Gasteiger partial charge in [-0.2, -0.15) is 0 Å². The van der Waals surface area contributed by atoms with E-state index in [9.17, 15) is 4.79 Å². The Balaban J connectivity index is 2.19. The molecule has 1 heterocycles. The lowest BCUT2D eigenvalue weighted by Gasteiger charge is -2.12. The van der Waals surface area contributed by atoms with Crippen LogP contribution in [0.5, 0.6) is 0 Å². The molecule has 21 heavy (non-hydrogen) atoms. The third kappa shape index (κ3) is 3.52. The predicted molar refractivity (Wildman–Crippen MR) is 91.3 cm³/mol. The van der Waals surface area contributed by atoms with E-state index in [2.05, 4.69) is 25.4 Å². The molecule has 1 aliphatic rings. The number of aliphatic carboxylic acids is 1. The molecule has 1 N–H and O–H groups in total. The van der Waals surface area contributed by atoms with Crippen molar-refractivity contribution < 1.29 is 9.90 Å². The van der Waals surface area contributed by atoms with Crippen LogP contribution < -0.4 is 0 Å². The van der Waals surface area contributed by atoms with Crippen molar-refractivity contribution in [2.24, 2.45) is 4.99 Å². The van der Waals surface area contributed by atoms with Gasteiger partial charge in [-0.1, -0.05) is 36.2 Å². The van der Waals surface area contributed by atoms with Gasteiger partial charge < -0.3 is 5.11 Å². The highest BCUT2D eigenvalue weighted by molar-refractivity contribution is 8.40. The second-order valence-corrected chi connectivity index (χ2v) is 8.05. The normalized spacial score (nSPS) is 18.5. The number of aryl methyl sites for hydroxylation is 1. The fourth-order valence-corrected chi connectivity index (χ4v) is 4.40. The van der Waals surface area contributed by atoms with Gasteiger partial charge in [0.05, 0.1) is 11.5 Å². The molecule has 1 aromatic rings. The molecule has 1 unspecified atom stereocenters. The molecule has 1 atom stereocenters. The highest BCUT2D eigenvalue weighted by Crippen LogP contribution is 2.43. The second-order valence-electron chi connectivity index (χ2n) is 5.64. The van der Waals surface area contributed by atoms with Crippen LogP contribution >= 0.6 is 23.5 Å². The van der Waals surface area contributed by atoms with Crippen molar-refractivity contribution >= 4 is 33.9 Å². The van der Waals surface area contributed by atoms with Crippen LogP contribution in [-0.2, 0) is 4.79 Å². The van der Waals surface area contributed by atoms with Crippen LogP contribution in [0.15, 0.2) is 39.6 Å². The van der Waals surface area contributed by atoms with Crippen molar-refractivity contribution in [2.75, 3.05) is 0 Å². The van der Waals surface area contributed by atoms with E-state index < -0.39 is 11.9 Å². The van der Waals surface area contributed by atoms with E-state index in [1.54, 1.807) is 30.4 Å². The van der Waals surface area contributed by atoms with E-state index in [0.29, 0.717) is 0 Å². The number of carboxylic acid groups (broad SMARTS) is 1. The molecule has 1 aliphatic heterocycles. The van der Waals surface area contributed by atoms with Crippen molar-refractivity contribution in [3.8, 4) is 0 Å². The number of rotatable bonds is 3. The maximum Gasteiger partial charge on any atom is 0.310 e. The summed E-state index contributed by atoms with van der Waals surface area (Å²) in [5, 5.41) is 9.11. The van der Waals surface area contributed by atoms with Crippen LogP contribution in [0.1, 0.15) is 37.8 Å². The Bertz CT molecular complexity index is 635. The van der Waals surface area contributed by atoms with Gasteiger partial charge in [-0.05, 0) is 51.0 Å². The summed E-state index contributed by atoms with van der Waals surface area (Å²) in [5.41, 5.74) is 1.65. The summed E-state index contributed by atoms with van der Waals surface area (Å²) in [6, 6.07) is 5.89. The molecule has 0 aromatic heterocycles. The largest absolute Gasteiger partial charge is 0.481 e. The Hall–Kier alpha value is -1.20. The molecule has 0 amide bonds. The van der Waals surface area contributed by atoms with Crippen LogP contribution in [0.4, 0.5) is 0 Å². The highest BCUT2D eigenvalue weighted by Gasteiger charge is 2.30. The zero-order valence-electron chi connectivity index (χ0n) is 12.6. The number of carboxylic acids is 1. The van der Waals surface area contributed by atoms with Crippen molar-refractivity contribution in [1.29, 1.82) is 0 Å². The molecule has 0 radical (unpaired) electrons. The molecule has 0 saturated heterocycles. The number of nitrogens with zero attached hydrogens (tertiary/aromatic N) is 1. The van der Waals surface area contributed by atoms with Gasteiger partial charge in [0.1, 0.15) is 4.38 Å². The van der Waals surface area contributed by atoms with Crippen LogP contribution in [0.25, 0.3) is 0 Å². The first kappa shape index (κ1) is 16.2. The summed E-state index contributed by atoms with van der Waals surface area (Å²) in [4.78, 5) is 17.9. The number of thioether (sulfide) groups is 2. The van der Waals surface area contributed by atoms with Gasteiger partial charge in [-0.15, -0.1) is 0 Å². The van der Waals surface area contributed by atoms with E-state index in [1.807, 2.05) is 25.1 Å². The minimum Gasteiger partial charge on any atom is -0.481 e. The number of hydrogen-bond donors (Lipinski definition) is 1. The zero-order chi connectivity index (χ0) is 15.8. The molecule has 0 fully saturated rings. The smallest absolute Gasteiger partial charge is 0.310 e. The lowest BCUT2D eigenvalue weighted by atomic mass is 9.97. The molecule has 2 rings (SSSR count). The van der Waals surface area contributed by atoms with Gasteiger partial charge in [-0.3, -0.25) is 9.79 Å². The quantitative estimate of drug-likeness (QED) is 0.879. The monoisotopic (exact) mass is 321 g/mol. The number of hydrogen-bond acceptors (Lipinski definition) is 4. The Morgan fingerprint density at radius 2 is 2.14 bits per heavy atom. The SMILES string of the molecule is C=C1SC(Sc2ccc(C(C)C(=O)O)c(C)c2)=NC1(C)C. The predicted octanol–water partition coefficient (Wildman–Crippen LogP) is 4.67. The molecule has 0 aliphatic carbocycles. The lowest BCUT2D eigenvalue weighted by Crippen LogP contribution is -2.12. The third-order valence-electron chi connectivity index (χ3n) is 3.55. The van der Waals surface area contributed by atoms with Crippen molar-refractivity contribution in [2.45, 2.75) is 44.0 Å². The summed E-state index contributed by atoms with van der Waals surface area (Å²) >= 11 is 3.22. The Kier molecular flexibility index (Phi) is 4.54. The molecule has 0 bridgehead atoms. The first-order valence-electron chi connectivity index (χ1n) is 6.69. The van der Waals surface area contributed by atoms with Crippen molar-refractivity contribution in [1.82, 2.24) is 0 Å². The third-order valence-corrected chi connectivity index (χ3v) is 5.81. The van der Waals surface area contributed by atoms with E-state index in [0.717, 1.165) is 25.3 Å². The average molecular weight is 321 g/mol. The van der Waals surface area contributed by atoms with Crippen molar-refractivity contribution in [3.05, 3.63) is 40.8 Å². The molecular formula is C16H19NO2S2. The lowest BCUT2D eigenvalue weighted by molar-refractivity contribution is -0.138. The molecular weight excluding hydrogens is 302 g/mol. The minimum absolute atomic E-state index is 0.209. The average Bonchev–Trinajstić information content (AvgIpc) is 2.61. The van der Waals surface area contributed by atoms with Gasteiger partial charge in [0.15, 0.2) is 0 Å². The second kappa shape index (κ2) is 5.89.